The van der Waals surface area contributed by atoms with Gasteiger partial charge in [0, 0.05) is 10.7 Å². The zero-order valence-corrected chi connectivity index (χ0v) is 10.6. The Kier molecular flexibility index (Phi) is 3.40. The second-order valence-corrected chi connectivity index (χ2v) is 4.43. The van der Waals surface area contributed by atoms with Gasteiger partial charge in [-0.1, -0.05) is 17.7 Å². The molecule has 2 aromatic rings. The molecule has 0 heterocycles. The summed E-state index contributed by atoms with van der Waals surface area (Å²) < 4.78 is 0. The number of nitrogens with two attached hydrogens (primary N) is 1. The van der Waals surface area contributed by atoms with Crippen molar-refractivity contribution >= 4 is 28.7 Å². The highest BCUT2D eigenvalue weighted by Crippen LogP contribution is 2.28. The Morgan fingerprint density at radius 3 is 2.67 bits per heavy atom. The Bertz CT molecular complexity index is 629. The molecule has 18 heavy (non-hydrogen) atoms. The van der Waals surface area contributed by atoms with Crippen LogP contribution in [0.2, 0.25) is 5.02 Å². The van der Waals surface area contributed by atoms with E-state index < -0.39 is 0 Å². The summed E-state index contributed by atoms with van der Waals surface area (Å²) in [6.45, 7) is 1.96. The second-order valence-electron chi connectivity index (χ2n) is 4.00. The first-order chi connectivity index (χ1) is 8.60. The number of nitrogens with one attached hydrogen (secondary N) is 1. The van der Waals surface area contributed by atoms with E-state index in [0.717, 1.165) is 16.9 Å². The first kappa shape index (κ1) is 12.3. The lowest BCUT2D eigenvalue weighted by molar-refractivity contribution is 1.40. The van der Waals surface area contributed by atoms with Gasteiger partial charge in [0.1, 0.15) is 0 Å². The summed E-state index contributed by atoms with van der Waals surface area (Å²) in [4.78, 5) is 0. The summed E-state index contributed by atoms with van der Waals surface area (Å²) in [5, 5.41) is 12.7. The third kappa shape index (κ3) is 2.55. The minimum Gasteiger partial charge on any atom is -0.397 e. The fourth-order valence-corrected chi connectivity index (χ4v) is 1.78. The smallest absolute Gasteiger partial charge is 0.0992 e. The van der Waals surface area contributed by atoms with Crippen LogP contribution in [0.15, 0.2) is 36.4 Å². The molecule has 0 fully saturated rings. The minimum atomic E-state index is 0.601. The molecule has 0 aliphatic carbocycles. The average molecular weight is 258 g/mol. The molecule has 4 heteroatoms. The van der Waals surface area contributed by atoms with E-state index in [9.17, 15) is 0 Å². The summed E-state index contributed by atoms with van der Waals surface area (Å²) in [6, 6.07) is 12.8. The molecule has 0 radical (unpaired) electrons. The maximum Gasteiger partial charge on any atom is 0.0992 e. The lowest BCUT2D eigenvalue weighted by Crippen LogP contribution is -1.98. The van der Waals surface area contributed by atoms with Gasteiger partial charge in [0.15, 0.2) is 0 Å². The van der Waals surface area contributed by atoms with E-state index in [2.05, 4.69) is 11.4 Å². The molecular formula is C14H12ClN3. The molecule has 0 aromatic heterocycles. The highest BCUT2D eigenvalue weighted by Gasteiger charge is 2.04. The van der Waals surface area contributed by atoms with Gasteiger partial charge >= 0.3 is 0 Å². The van der Waals surface area contributed by atoms with Crippen LogP contribution in [-0.2, 0) is 0 Å². The van der Waals surface area contributed by atoms with E-state index in [0.29, 0.717) is 16.3 Å². The third-order valence-electron chi connectivity index (χ3n) is 2.65. The quantitative estimate of drug-likeness (QED) is 0.804. The number of nitrogen functional groups attached to an aromatic ring is 1. The monoisotopic (exact) mass is 257 g/mol. The molecule has 0 aliphatic rings. The van der Waals surface area contributed by atoms with Crippen molar-refractivity contribution in [3.05, 3.63) is 52.5 Å². The largest absolute Gasteiger partial charge is 0.397 e. The van der Waals surface area contributed by atoms with E-state index in [1.54, 1.807) is 30.3 Å². The lowest BCUT2D eigenvalue weighted by Gasteiger charge is -2.12. The molecule has 0 aliphatic heterocycles. The number of nitriles is 1. The second kappa shape index (κ2) is 4.99. The first-order valence-corrected chi connectivity index (χ1v) is 5.81. The van der Waals surface area contributed by atoms with E-state index in [1.807, 2.05) is 13.0 Å². The van der Waals surface area contributed by atoms with Crippen molar-refractivity contribution in [2.75, 3.05) is 11.1 Å². The van der Waals surface area contributed by atoms with Gasteiger partial charge in [0.05, 0.1) is 23.0 Å². The minimum absolute atomic E-state index is 0.601. The average Bonchev–Trinajstić information content (AvgIpc) is 2.36. The normalized spacial score (nSPS) is 9.83. The van der Waals surface area contributed by atoms with Crippen LogP contribution in [0.3, 0.4) is 0 Å². The fraction of sp³-hybridized carbons (Fsp3) is 0.0714. The van der Waals surface area contributed by atoms with Crippen LogP contribution in [-0.4, -0.2) is 0 Å². The molecule has 0 bridgehead atoms. The number of anilines is 3. The summed E-state index contributed by atoms with van der Waals surface area (Å²) in [5.74, 6) is 0. The first-order valence-electron chi connectivity index (χ1n) is 5.43. The van der Waals surface area contributed by atoms with E-state index >= 15 is 0 Å². The Morgan fingerprint density at radius 1 is 1.17 bits per heavy atom. The van der Waals surface area contributed by atoms with Crippen molar-refractivity contribution in [2.24, 2.45) is 0 Å². The topological polar surface area (TPSA) is 61.8 Å². The Labute approximate surface area is 111 Å². The van der Waals surface area contributed by atoms with Crippen LogP contribution in [0.4, 0.5) is 17.1 Å². The number of benzene rings is 2. The molecule has 0 saturated carbocycles. The van der Waals surface area contributed by atoms with Crippen molar-refractivity contribution in [3.63, 3.8) is 0 Å². The van der Waals surface area contributed by atoms with Gasteiger partial charge < -0.3 is 11.1 Å². The molecule has 3 nitrogen and oxygen atoms in total. The molecule has 0 spiro atoms. The Hall–Kier alpha value is -2.18. The van der Waals surface area contributed by atoms with E-state index in [4.69, 9.17) is 22.6 Å². The van der Waals surface area contributed by atoms with Gasteiger partial charge in [-0.05, 0) is 42.8 Å². The van der Waals surface area contributed by atoms with Crippen LogP contribution in [0.25, 0.3) is 0 Å². The van der Waals surface area contributed by atoms with Crippen LogP contribution in [0.5, 0.6) is 0 Å². The van der Waals surface area contributed by atoms with E-state index in [-0.39, 0.29) is 0 Å². The third-order valence-corrected chi connectivity index (χ3v) is 2.89. The van der Waals surface area contributed by atoms with Gasteiger partial charge in [0.2, 0.25) is 0 Å². The van der Waals surface area contributed by atoms with Crippen LogP contribution in [0.1, 0.15) is 11.1 Å². The highest BCUT2D eigenvalue weighted by atomic mass is 35.5. The SMILES string of the molecule is Cc1ccc(C#N)cc1Nc1cc(Cl)ccc1N. The Balaban J connectivity index is 2.39. The number of hydrogen-bond donors (Lipinski definition) is 2. The van der Waals surface area contributed by atoms with Crippen LogP contribution in [0, 0.1) is 18.3 Å². The summed E-state index contributed by atoms with van der Waals surface area (Å²) >= 11 is 5.93. The highest BCUT2D eigenvalue weighted by molar-refractivity contribution is 6.31. The molecule has 0 unspecified atom stereocenters. The standard InChI is InChI=1S/C14H12ClN3/c1-9-2-3-10(8-16)6-13(9)18-14-7-11(15)4-5-12(14)17/h2-7,18H,17H2,1H3. The van der Waals surface area contributed by atoms with Crippen molar-refractivity contribution in [3.8, 4) is 6.07 Å². The maximum absolute atomic E-state index is 8.89. The van der Waals surface area contributed by atoms with Gasteiger partial charge in [-0.25, -0.2) is 0 Å². The predicted molar refractivity (Wildman–Crippen MR) is 75.0 cm³/mol. The summed E-state index contributed by atoms with van der Waals surface area (Å²) in [6.07, 6.45) is 0. The van der Waals surface area contributed by atoms with Crippen molar-refractivity contribution in [1.82, 2.24) is 0 Å². The van der Waals surface area contributed by atoms with Gasteiger partial charge in [0.25, 0.3) is 0 Å². The number of hydrogen-bond acceptors (Lipinski definition) is 3. The summed E-state index contributed by atoms with van der Waals surface area (Å²) in [5.41, 5.74) is 9.71. The molecule has 0 atom stereocenters. The van der Waals surface area contributed by atoms with Crippen molar-refractivity contribution in [1.29, 1.82) is 5.26 Å². The lowest BCUT2D eigenvalue weighted by atomic mass is 10.1. The van der Waals surface area contributed by atoms with E-state index in [1.165, 1.54) is 0 Å². The molecule has 0 amide bonds. The zero-order chi connectivity index (χ0) is 13.1. The van der Waals surface area contributed by atoms with Crippen LogP contribution >= 0.6 is 11.6 Å². The van der Waals surface area contributed by atoms with Crippen molar-refractivity contribution in [2.45, 2.75) is 6.92 Å². The number of nitrogens with zero attached hydrogens (tertiary/aromatic N) is 1. The van der Waals surface area contributed by atoms with Gasteiger partial charge in [-0.3, -0.25) is 0 Å². The zero-order valence-electron chi connectivity index (χ0n) is 9.87. The fourth-order valence-electron chi connectivity index (χ4n) is 1.61. The molecule has 2 aromatic carbocycles. The number of aryl methyl sites for hydroxylation is 1. The predicted octanol–water partition coefficient (Wildman–Crippen LogP) is 3.85. The molecular weight excluding hydrogens is 246 g/mol. The van der Waals surface area contributed by atoms with Crippen molar-refractivity contribution < 1.29 is 0 Å². The van der Waals surface area contributed by atoms with Gasteiger partial charge in [-0.15, -0.1) is 0 Å². The maximum atomic E-state index is 8.89. The summed E-state index contributed by atoms with van der Waals surface area (Å²) in [7, 11) is 0. The molecule has 0 saturated heterocycles. The molecule has 3 N–H and O–H groups in total. The Morgan fingerprint density at radius 2 is 1.94 bits per heavy atom. The molecule has 90 valence electrons. The van der Waals surface area contributed by atoms with Crippen LogP contribution < -0.4 is 11.1 Å². The van der Waals surface area contributed by atoms with Gasteiger partial charge in [-0.2, -0.15) is 5.26 Å². The number of halogens is 1. The number of rotatable bonds is 2. The molecule has 2 rings (SSSR count).